The van der Waals surface area contributed by atoms with Crippen molar-refractivity contribution in [2.24, 2.45) is 0 Å². The minimum absolute atomic E-state index is 0.454. The molecule has 0 radical (unpaired) electrons. The molecule has 4 nitrogen and oxygen atoms in total. The van der Waals surface area contributed by atoms with E-state index in [1.54, 1.807) is 49.7 Å². The van der Waals surface area contributed by atoms with Crippen LogP contribution in [0.2, 0.25) is 38.5 Å². The van der Waals surface area contributed by atoms with E-state index < -0.39 is 22.4 Å². The number of ether oxygens (including phenoxy) is 4. The van der Waals surface area contributed by atoms with Gasteiger partial charge in [-0.3, -0.25) is 0 Å². The third kappa shape index (κ3) is 0.720. The molecule has 0 N–H and O–H groups in total. The summed E-state index contributed by atoms with van der Waals surface area (Å²) >= 11 is 0. The molecule has 10 aliphatic rings. The van der Waals surface area contributed by atoms with Crippen LogP contribution >= 0.6 is 15.8 Å². The van der Waals surface area contributed by atoms with Gasteiger partial charge in [0.15, 0.2) is 0 Å². The van der Waals surface area contributed by atoms with Gasteiger partial charge in [0.25, 0.3) is 0 Å². The molecular formula is C38H36FeO4P2. The molecule has 45 heavy (non-hydrogen) atoms. The summed E-state index contributed by atoms with van der Waals surface area (Å²) in [5, 5.41) is 6.38. The Morgan fingerprint density at radius 2 is 0.622 bits per heavy atom. The van der Waals surface area contributed by atoms with Gasteiger partial charge in [-0.2, -0.15) is 0 Å². The Kier molecular flexibility index (Phi) is 2.17. The average molecular weight is 674 g/mol. The Labute approximate surface area is 256 Å². The summed E-state index contributed by atoms with van der Waals surface area (Å²) in [6, 6.07) is 37.4. The second-order valence-corrected chi connectivity index (χ2v) is 46.0. The van der Waals surface area contributed by atoms with Crippen LogP contribution in [0.25, 0.3) is 0 Å². The van der Waals surface area contributed by atoms with Crippen LogP contribution in [0.1, 0.15) is 0 Å². The van der Waals surface area contributed by atoms with Gasteiger partial charge in [0.2, 0.25) is 0 Å². The zero-order valence-corrected chi connectivity index (χ0v) is 28.6. The van der Waals surface area contributed by atoms with Gasteiger partial charge in [0.1, 0.15) is 0 Å². The predicted octanol–water partition coefficient (Wildman–Crippen LogP) is 7.49. The predicted molar refractivity (Wildman–Crippen MR) is 180 cm³/mol. The van der Waals surface area contributed by atoms with Gasteiger partial charge in [-0.05, 0) is 0 Å². The van der Waals surface area contributed by atoms with Crippen LogP contribution < -0.4 is 40.2 Å². The summed E-state index contributed by atoms with van der Waals surface area (Å²) in [6.45, 7) is -4.07. The van der Waals surface area contributed by atoms with Gasteiger partial charge >= 0.3 is 258 Å². The van der Waals surface area contributed by atoms with Crippen LogP contribution in [0.3, 0.4) is 0 Å². The SMILES string of the molecule is COc1ccc(P(c2ccc(OC)cc2)[C]23[CH]4[CH]5[CH]6[CH]2[Fe]56432789[CH]3[CH]2[CH]7[C]8(P(c2ccc(OC)cc2)c2ccc(OC)cc2)[CH]39)cc1. The first-order valence-electron chi connectivity index (χ1n) is 16.2. The van der Waals surface area contributed by atoms with E-state index >= 15 is 0 Å². The summed E-state index contributed by atoms with van der Waals surface area (Å²) in [6.07, 6.45) is 0. The number of fused-ring (bicyclic) bond motifs is 10. The summed E-state index contributed by atoms with van der Waals surface area (Å²) in [4.78, 5) is 9.17. The molecule has 230 valence electrons. The van der Waals surface area contributed by atoms with Crippen LogP contribution in [0.15, 0.2) is 97.1 Å². The van der Waals surface area contributed by atoms with Crippen molar-refractivity contribution in [3.63, 3.8) is 0 Å². The van der Waals surface area contributed by atoms with Crippen molar-refractivity contribution in [3.8, 4) is 23.0 Å². The normalized spacial score (nSPS) is 53.7. The van der Waals surface area contributed by atoms with Gasteiger partial charge in [0.05, 0.1) is 0 Å². The molecule has 8 atom stereocenters. The minimum atomic E-state index is -4.07. The number of hydrogen-bond donors (Lipinski definition) is 0. The number of hydrogen-bond acceptors (Lipinski definition) is 4. The van der Waals surface area contributed by atoms with Crippen LogP contribution in [0.5, 0.6) is 23.0 Å². The van der Waals surface area contributed by atoms with Crippen molar-refractivity contribution in [1.29, 1.82) is 0 Å². The first kappa shape index (κ1) is 23.7. The molecule has 10 heterocycles. The van der Waals surface area contributed by atoms with E-state index in [1.807, 2.05) is 0 Å². The third-order valence-corrected chi connectivity index (χ3v) is 77.3. The van der Waals surface area contributed by atoms with E-state index in [-0.39, 0.29) is 0 Å². The Morgan fingerprint density at radius 1 is 0.400 bits per heavy atom. The second kappa shape index (κ2) is 4.11. The molecule has 0 aliphatic carbocycles. The topological polar surface area (TPSA) is 36.9 Å². The van der Waals surface area contributed by atoms with E-state index in [4.69, 9.17) is 18.9 Å². The van der Waals surface area contributed by atoms with Gasteiger partial charge in [0, 0.05) is 0 Å². The summed E-state index contributed by atoms with van der Waals surface area (Å²) in [5.74, 6) is 3.86. The fourth-order valence-corrected chi connectivity index (χ4v) is 126. The average Bonchev–Trinajstić information content (AvgIpc) is 4.06. The quantitative estimate of drug-likeness (QED) is 0.129. The monoisotopic (exact) mass is 674 g/mol. The van der Waals surface area contributed by atoms with E-state index in [0.717, 1.165) is 42.3 Å². The Hall–Kier alpha value is -2.54. The zero-order valence-electron chi connectivity index (χ0n) is 25.7. The van der Waals surface area contributed by atoms with Gasteiger partial charge in [-0.15, -0.1) is 0 Å². The number of rotatable bonds is 10. The Balaban J connectivity index is 1.03. The van der Waals surface area contributed by atoms with Crippen molar-refractivity contribution < 1.29 is 25.5 Å². The molecule has 10 aliphatic heterocycles. The maximum atomic E-state index is 5.66. The Bertz CT molecular complexity index is 2160. The standard InChI is InChI=1S/2C19H18O2P.Fe/c2*1-20-15-7-11-18(12-8-15)22(17-5-3-4-6-17)19-13-9-16(21-2)10-14-19;/h2*3-14H,1-2H3;. The van der Waals surface area contributed by atoms with Gasteiger partial charge in [-0.25, -0.2) is 0 Å². The molecule has 7 heteroatoms. The third-order valence-electron chi connectivity index (χ3n) is 20.7. The molecule has 14 rings (SSSR count). The van der Waals surface area contributed by atoms with Crippen LogP contribution in [-0.2, 0) is 6.51 Å². The van der Waals surface area contributed by atoms with E-state index in [9.17, 15) is 0 Å². The van der Waals surface area contributed by atoms with Crippen LogP contribution in [0.4, 0.5) is 0 Å². The van der Waals surface area contributed by atoms with Crippen molar-refractivity contribution >= 4 is 37.1 Å². The Morgan fingerprint density at radius 3 is 0.800 bits per heavy atom. The van der Waals surface area contributed by atoms with Crippen molar-refractivity contribution in [3.05, 3.63) is 97.1 Å². The van der Waals surface area contributed by atoms with Gasteiger partial charge < -0.3 is 0 Å². The molecule has 4 aromatic carbocycles. The molecule has 4 aromatic rings. The molecular weight excluding hydrogens is 638 g/mol. The maximum absolute atomic E-state index is 5.66. The fraction of sp³-hybridized carbons (Fsp3) is 0.368. The first-order chi connectivity index (χ1) is 21.8. The number of benzene rings is 4. The van der Waals surface area contributed by atoms with Crippen LogP contribution in [0, 0.1) is 0 Å². The zero-order chi connectivity index (χ0) is 29.9. The van der Waals surface area contributed by atoms with E-state index in [1.165, 1.54) is 19.3 Å². The van der Waals surface area contributed by atoms with E-state index in [2.05, 4.69) is 97.1 Å². The van der Waals surface area contributed by atoms with Crippen molar-refractivity contribution in [2.75, 3.05) is 28.4 Å². The molecule has 0 saturated carbocycles. The fourth-order valence-electron chi connectivity index (χ4n) is 21.5. The second-order valence-electron chi connectivity index (χ2n) is 17.2. The molecule has 0 aromatic heterocycles. The summed E-state index contributed by atoms with van der Waals surface area (Å²) in [5.41, 5.74) is 0. The summed E-state index contributed by atoms with van der Waals surface area (Å²) in [7, 11) is 6.24. The van der Waals surface area contributed by atoms with Crippen molar-refractivity contribution in [1.82, 2.24) is 0 Å². The van der Waals surface area contributed by atoms with E-state index in [0.29, 0.717) is 8.11 Å². The van der Waals surface area contributed by atoms with Gasteiger partial charge in [-0.1, -0.05) is 0 Å². The van der Waals surface area contributed by atoms with Crippen molar-refractivity contribution in [2.45, 2.75) is 46.6 Å². The molecule has 0 bridgehead atoms. The van der Waals surface area contributed by atoms with Crippen LogP contribution in [-0.4, -0.2) is 36.5 Å². The molecule has 8 unspecified atom stereocenters. The molecule has 10 saturated heterocycles. The summed E-state index contributed by atoms with van der Waals surface area (Å²) < 4.78 is 23.9. The first-order valence-corrected chi connectivity index (χ1v) is 25.1. The molecule has 10 fully saturated rings. The number of methoxy groups -OCH3 is 4. The molecule has 0 amide bonds. The molecule has 1 spiro atoms.